The number of carbonyl (C=O) groups excluding carboxylic acids is 1. The van der Waals surface area contributed by atoms with Crippen LogP contribution in [0.2, 0.25) is 0 Å². The van der Waals surface area contributed by atoms with E-state index in [4.69, 9.17) is 9.47 Å². The SMILES string of the molecule is COc1cc(C(=O)O)cc(NC(=O)C(C)CCc2cccc(F)c2)c1OC. The van der Waals surface area contributed by atoms with Crippen LogP contribution in [0.4, 0.5) is 10.1 Å². The molecule has 0 fully saturated rings. The molecule has 1 unspecified atom stereocenters. The molecule has 2 aromatic rings. The van der Waals surface area contributed by atoms with Crippen molar-refractivity contribution in [1.82, 2.24) is 0 Å². The van der Waals surface area contributed by atoms with Crippen molar-refractivity contribution < 1.29 is 28.6 Å². The van der Waals surface area contributed by atoms with Crippen molar-refractivity contribution in [3.05, 3.63) is 53.3 Å². The van der Waals surface area contributed by atoms with E-state index in [0.29, 0.717) is 12.8 Å². The summed E-state index contributed by atoms with van der Waals surface area (Å²) in [5.41, 5.74) is 0.994. The molecule has 0 aromatic heterocycles. The van der Waals surface area contributed by atoms with Crippen LogP contribution in [0, 0.1) is 11.7 Å². The predicted molar refractivity (Wildman–Crippen MR) is 99.0 cm³/mol. The third kappa shape index (κ3) is 5.20. The van der Waals surface area contributed by atoms with Gasteiger partial charge in [0.15, 0.2) is 11.5 Å². The Kier molecular flexibility index (Phi) is 6.76. The Bertz CT molecular complexity index is 837. The van der Waals surface area contributed by atoms with E-state index in [1.165, 1.54) is 38.5 Å². The van der Waals surface area contributed by atoms with Gasteiger partial charge in [-0.3, -0.25) is 4.79 Å². The van der Waals surface area contributed by atoms with Gasteiger partial charge in [0, 0.05) is 5.92 Å². The van der Waals surface area contributed by atoms with Crippen LogP contribution in [-0.2, 0) is 11.2 Å². The largest absolute Gasteiger partial charge is 0.493 e. The summed E-state index contributed by atoms with van der Waals surface area (Å²) in [6.45, 7) is 1.75. The van der Waals surface area contributed by atoms with Gasteiger partial charge in [-0.25, -0.2) is 9.18 Å². The monoisotopic (exact) mass is 375 g/mol. The summed E-state index contributed by atoms with van der Waals surface area (Å²) < 4.78 is 23.6. The van der Waals surface area contributed by atoms with E-state index in [2.05, 4.69) is 5.32 Å². The van der Waals surface area contributed by atoms with Gasteiger partial charge < -0.3 is 19.9 Å². The maximum atomic E-state index is 13.2. The van der Waals surface area contributed by atoms with Crippen LogP contribution in [0.3, 0.4) is 0 Å². The molecule has 0 spiro atoms. The zero-order valence-corrected chi connectivity index (χ0v) is 15.4. The Labute approximate surface area is 156 Å². The van der Waals surface area contributed by atoms with Crippen LogP contribution in [0.25, 0.3) is 0 Å². The number of hydrogen-bond donors (Lipinski definition) is 2. The highest BCUT2D eigenvalue weighted by Crippen LogP contribution is 2.37. The van der Waals surface area contributed by atoms with E-state index in [1.54, 1.807) is 19.1 Å². The minimum atomic E-state index is -1.15. The fraction of sp³-hybridized carbons (Fsp3) is 0.300. The van der Waals surface area contributed by atoms with Gasteiger partial charge in [-0.15, -0.1) is 0 Å². The molecule has 7 heteroatoms. The summed E-state index contributed by atoms with van der Waals surface area (Å²) in [7, 11) is 2.79. The number of aryl methyl sites for hydroxylation is 1. The van der Waals surface area contributed by atoms with Crippen molar-refractivity contribution in [2.45, 2.75) is 19.8 Å². The highest BCUT2D eigenvalue weighted by molar-refractivity contribution is 5.97. The fourth-order valence-electron chi connectivity index (χ4n) is 2.64. The first kappa shape index (κ1) is 20.2. The molecule has 0 aliphatic heterocycles. The number of hydrogen-bond acceptors (Lipinski definition) is 4. The van der Waals surface area contributed by atoms with Crippen LogP contribution in [-0.4, -0.2) is 31.2 Å². The Morgan fingerprint density at radius 1 is 1.19 bits per heavy atom. The number of carboxylic acid groups (broad SMARTS) is 1. The van der Waals surface area contributed by atoms with Crippen LogP contribution in [0.5, 0.6) is 11.5 Å². The number of amides is 1. The minimum absolute atomic E-state index is 0.0321. The molecule has 0 aliphatic rings. The average Bonchev–Trinajstić information content (AvgIpc) is 2.65. The van der Waals surface area contributed by atoms with Gasteiger partial charge in [-0.1, -0.05) is 19.1 Å². The third-order valence-corrected chi connectivity index (χ3v) is 4.19. The van der Waals surface area contributed by atoms with Crippen molar-refractivity contribution >= 4 is 17.6 Å². The van der Waals surface area contributed by atoms with Crippen LogP contribution < -0.4 is 14.8 Å². The molecular weight excluding hydrogens is 353 g/mol. The zero-order chi connectivity index (χ0) is 20.0. The molecule has 1 amide bonds. The van der Waals surface area contributed by atoms with E-state index in [-0.39, 0.29) is 40.4 Å². The van der Waals surface area contributed by atoms with Crippen molar-refractivity contribution in [2.24, 2.45) is 5.92 Å². The molecule has 0 saturated heterocycles. The van der Waals surface area contributed by atoms with Gasteiger partial charge in [0.2, 0.25) is 5.91 Å². The number of anilines is 1. The van der Waals surface area contributed by atoms with Crippen molar-refractivity contribution in [3.63, 3.8) is 0 Å². The van der Waals surface area contributed by atoms with Crippen LogP contribution in [0.15, 0.2) is 36.4 Å². The molecule has 2 aromatic carbocycles. The van der Waals surface area contributed by atoms with Crippen molar-refractivity contribution in [1.29, 1.82) is 0 Å². The summed E-state index contributed by atoms with van der Waals surface area (Å²) in [6, 6.07) is 8.89. The molecular formula is C20H22FNO5. The molecule has 2 N–H and O–H groups in total. The molecule has 1 atom stereocenters. The molecule has 6 nitrogen and oxygen atoms in total. The van der Waals surface area contributed by atoms with E-state index < -0.39 is 5.97 Å². The number of ether oxygens (including phenoxy) is 2. The van der Waals surface area contributed by atoms with Crippen LogP contribution >= 0.6 is 0 Å². The summed E-state index contributed by atoms with van der Waals surface area (Å²) >= 11 is 0. The van der Waals surface area contributed by atoms with E-state index in [9.17, 15) is 19.1 Å². The maximum Gasteiger partial charge on any atom is 0.335 e. The molecule has 0 bridgehead atoms. The Morgan fingerprint density at radius 2 is 1.93 bits per heavy atom. The number of benzene rings is 2. The van der Waals surface area contributed by atoms with Crippen LogP contribution in [0.1, 0.15) is 29.3 Å². The maximum absolute atomic E-state index is 13.2. The van der Waals surface area contributed by atoms with Crippen molar-refractivity contribution in [3.8, 4) is 11.5 Å². The van der Waals surface area contributed by atoms with Crippen molar-refractivity contribution in [2.75, 3.05) is 19.5 Å². The summed E-state index contributed by atoms with van der Waals surface area (Å²) in [6.07, 6.45) is 1.05. The summed E-state index contributed by atoms with van der Waals surface area (Å²) in [4.78, 5) is 23.8. The fourth-order valence-corrected chi connectivity index (χ4v) is 2.64. The molecule has 0 aliphatic carbocycles. The minimum Gasteiger partial charge on any atom is -0.493 e. The lowest BCUT2D eigenvalue weighted by atomic mass is 10.00. The Balaban J connectivity index is 2.13. The second kappa shape index (κ2) is 9.02. The molecule has 144 valence electrons. The highest BCUT2D eigenvalue weighted by Gasteiger charge is 2.20. The zero-order valence-electron chi connectivity index (χ0n) is 15.4. The molecule has 27 heavy (non-hydrogen) atoms. The predicted octanol–water partition coefficient (Wildman–Crippen LogP) is 3.75. The lowest BCUT2D eigenvalue weighted by Crippen LogP contribution is -2.21. The number of carbonyl (C=O) groups is 2. The molecule has 0 radical (unpaired) electrons. The van der Waals surface area contributed by atoms with Gasteiger partial charge in [0.25, 0.3) is 0 Å². The standard InChI is InChI=1S/C20H22FNO5/c1-12(7-8-13-5-4-6-15(21)9-13)19(23)22-16-10-14(20(24)25)11-17(26-2)18(16)27-3/h4-6,9-12H,7-8H2,1-3H3,(H,22,23)(H,24,25). The Morgan fingerprint density at radius 3 is 2.52 bits per heavy atom. The third-order valence-electron chi connectivity index (χ3n) is 4.19. The number of aromatic carboxylic acids is 1. The summed E-state index contributed by atoms with van der Waals surface area (Å²) in [5.74, 6) is -1.68. The lowest BCUT2D eigenvalue weighted by molar-refractivity contribution is -0.119. The number of methoxy groups -OCH3 is 2. The second-order valence-corrected chi connectivity index (χ2v) is 6.12. The number of rotatable bonds is 8. The van der Waals surface area contributed by atoms with Gasteiger partial charge >= 0.3 is 5.97 Å². The first-order chi connectivity index (χ1) is 12.8. The topological polar surface area (TPSA) is 84.9 Å². The molecule has 0 saturated carbocycles. The normalized spacial score (nSPS) is 11.6. The van der Waals surface area contributed by atoms with Gasteiger partial charge in [0.05, 0.1) is 25.5 Å². The van der Waals surface area contributed by atoms with Gasteiger partial charge in [-0.2, -0.15) is 0 Å². The van der Waals surface area contributed by atoms with E-state index in [1.807, 2.05) is 0 Å². The second-order valence-electron chi connectivity index (χ2n) is 6.12. The number of carboxylic acids is 1. The number of nitrogens with one attached hydrogen (secondary N) is 1. The van der Waals surface area contributed by atoms with E-state index >= 15 is 0 Å². The highest BCUT2D eigenvalue weighted by atomic mass is 19.1. The number of halogens is 1. The first-order valence-electron chi connectivity index (χ1n) is 8.40. The first-order valence-corrected chi connectivity index (χ1v) is 8.40. The summed E-state index contributed by atoms with van der Waals surface area (Å²) in [5, 5.41) is 11.9. The van der Waals surface area contributed by atoms with Gasteiger partial charge in [0.1, 0.15) is 5.82 Å². The van der Waals surface area contributed by atoms with E-state index in [0.717, 1.165) is 5.56 Å². The molecule has 0 heterocycles. The smallest absolute Gasteiger partial charge is 0.335 e. The quantitative estimate of drug-likeness (QED) is 0.734. The van der Waals surface area contributed by atoms with Gasteiger partial charge in [-0.05, 0) is 42.7 Å². The molecule has 2 rings (SSSR count). The Hall–Kier alpha value is -3.09. The lowest BCUT2D eigenvalue weighted by Gasteiger charge is -2.17. The average molecular weight is 375 g/mol.